The molecule has 3 nitrogen and oxygen atoms in total. The number of rotatable bonds is 4. The van der Waals surface area contributed by atoms with Gasteiger partial charge in [-0.25, -0.2) is 8.78 Å². The van der Waals surface area contributed by atoms with E-state index in [2.05, 4.69) is 21.6 Å². The fraction of sp³-hybridized carbons (Fsp3) is 0.333. The van der Waals surface area contributed by atoms with Crippen LogP contribution in [0, 0.1) is 23.5 Å². The highest BCUT2D eigenvalue weighted by molar-refractivity contribution is 5.32. The molecule has 0 radical (unpaired) electrons. The number of nitrogens with zero attached hydrogens (tertiary/aromatic N) is 2. The first-order chi connectivity index (χ1) is 12.7. The molecule has 0 unspecified atom stereocenters. The first kappa shape index (κ1) is 18.5. The maximum atomic E-state index is 13.3. The maximum Gasteiger partial charge on any atom is 0.123 e. The Bertz CT molecular complexity index is 712. The molecule has 1 N–H and O–H groups in total. The minimum atomic E-state index is -0.265. The standard InChI is InChI=1S/C21H22F2N2O/c22-19-7-3-17(4-8-19)21(18-5-9-20(23)10-6-18)25-14-12-24(13-15-25)11-1-2-16-26/h3-10,21,26H,11-16H2. The minimum absolute atomic E-state index is 0.0399. The largest absolute Gasteiger partial charge is 0.384 e. The highest BCUT2D eigenvalue weighted by Gasteiger charge is 2.26. The Morgan fingerprint density at radius 2 is 1.31 bits per heavy atom. The molecule has 1 aliphatic heterocycles. The van der Waals surface area contributed by atoms with Crippen molar-refractivity contribution in [2.24, 2.45) is 0 Å². The van der Waals surface area contributed by atoms with Gasteiger partial charge >= 0.3 is 0 Å². The molecule has 26 heavy (non-hydrogen) atoms. The van der Waals surface area contributed by atoms with Crippen LogP contribution in [0.3, 0.4) is 0 Å². The number of halogens is 2. The molecule has 1 fully saturated rings. The highest BCUT2D eigenvalue weighted by Crippen LogP contribution is 2.30. The average Bonchev–Trinajstić information content (AvgIpc) is 2.66. The summed E-state index contributed by atoms with van der Waals surface area (Å²) in [5, 5.41) is 8.75. The molecule has 1 saturated heterocycles. The summed E-state index contributed by atoms with van der Waals surface area (Å²) in [5.41, 5.74) is 1.98. The minimum Gasteiger partial charge on any atom is -0.384 e. The molecule has 0 aromatic heterocycles. The van der Waals surface area contributed by atoms with Crippen LogP contribution < -0.4 is 0 Å². The molecule has 0 bridgehead atoms. The lowest BCUT2D eigenvalue weighted by Gasteiger charge is -2.39. The lowest BCUT2D eigenvalue weighted by molar-refractivity contribution is 0.119. The van der Waals surface area contributed by atoms with Gasteiger partial charge in [0.1, 0.15) is 18.2 Å². The van der Waals surface area contributed by atoms with E-state index < -0.39 is 0 Å². The van der Waals surface area contributed by atoms with Crippen molar-refractivity contribution in [2.45, 2.75) is 6.04 Å². The molecular weight excluding hydrogens is 334 g/mol. The summed E-state index contributed by atoms with van der Waals surface area (Å²) in [6, 6.07) is 13.0. The van der Waals surface area contributed by atoms with Crippen LogP contribution in [0.4, 0.5) is 8.78 Å². The molecule has 0 saturated carbocycles. The van der Waals surface area contributed by atoms with E-state index in [1.54, 1.807) is 24.3 Å². The lowest BCUT2D eigenvalue weighted by Crippen LogP contribution is -2.47. The Labute approximate surface area is 152 Å². The SMILES string of the molecule is OCC#CCN1CCN(C(c2ccc(F)cc2)c2ccc(F)cc2)CC1. The van der Waals surface area contributed by atoms with Crippen LogP contribution in [0.2, 0.25) is 0 Å². The van der Waals surface area contributed by atoms with Crippen molar-refractivity contribution in [3.05, 3.63) is 71.3 Å². The van der Waals surface area contributed by atoms with Crippen molar-refractivity contribution in [3.8, 4) is 11.8 Å². The number of aliphatic hydroxyl groups excluding tert-OH is 1. The van der Waals surface area contributed by atoms with Crippen LogP contribution in [0.1, 0.15) is 17.2 Å². The van der Waals surface area contributed by atoms with E-state index in [-0.39, 0.29) is 24.3 Å². The van der Waals surface area contributed by atoms with Gasteiger partial charge in [-0.3, -0.25) is 9.80 Å². The number of hydrogen-bond donors (Lipinski definition) is 1. The van der Waals surface area contributed by atoms with E-state index in [1.807, 2.05) is 0 Å². The van der Waals surface area contributed by atoms with Crippen LogP contribution in [0.25, 0.3) is 0 Å². The third-order valence-corrected chi connectivity index (χ3v) is 4.65. The lowest BCUT2D eigenvalue weighted by atomic mass is 9.96. The van der Waals surface area contributed by atoms with Gasteiger partial charge in [-0.1, -0.05) is 36.1 Å². The Hall–Kier alpha value is -2.26. The first-order valence-corrected chi connectivity index (χ1v) is 8.71. The zero-order valence-electron chi connectivity index (χ0n) is 14.5. The summed E-state index contributed by atoms with van der Waals surface area (Å²) in [7, 11) is 0. The Morgan fingerprint density at radius 3 is 1.77 bits per heavy atom. The average molecular weight is 356 g/mol. The van der Waals surface area contributed by atoms with Gasteiger partial charge < -0.3 is 5.11 Å². The zero-order chi connectivity index (χ0) is 18.4. The van der Waals surface area contributed by atoms with Crippen molar-refractivity contribution < 1.29 is 13.9 Å². The summed E-state index contributed by atoms with van der Waals surface area (Å²) in [5.74, 6) is 5.09. The second-order valence-electron chi connectivity index (χ2n) is 6.33. The Morgan fingerprint density at radius 1 is 0.808 bits per heavy atom. The van der Waals surface area contributed by atoms with Crippen LogP contribution in [0.15, 0.2) is 48.5 Å². The predicted octanol–water partition coefficient (Wildman–Crippen LogP) is 2.67. The summed E-state index contributed by atoms with van der Waals surface area (Å²) in [6.07, 6.45) is 0. The molecule has 0 amide bonds. The normalized spacial score (nSPS) is 15.7. The predicted molar refractivity (Wildman–Crippen MR) is 97.5 cm³/mol. The summed E-state index contributed by atoms with van der Waals surface area (Å²) >= 11 is 0. The van der Waals surface area contributed by atoms with E-state index in [0.29, 0.717) is 6.54 Å². The number of piperazine rings is 1. The quantitative estimate of drug-likeness (QED) is 0.854. The number of hydrogen-bond acceptors (Lipinski definition) is 3. The smallest absolute Gasteiger partial charge is 0.123 e. The third kappa shape index (κ3) is 4.67. The molecule has 2 aromatic carbocycles. The number of aliphatic hydroxyl groups is 1. The van der Waals surface area contributed by atoms with E-state index in [4.69, 9.17) is 5.11 Å². The molecule has 0 spiro atoms. The fourth-order valence-corrected chi connectivity index (χ4v) is 3.31. The summed E-state index contributed by atoms with van der Waals surface area (Å²) in [4.78, 5) is 4.57. The van der Waals surface area contributed by atoms with Gasteiger partial charge in [0.05, 0.1) is 12.6 Å². The van der Waals surface area contributed by atoms with Gasteiger partial charge in [0.25, 0.3) is 0 Å². The second kappa shape index (κ2) is 8.91. The van der Waals surface area contributed by atoms with Crippen molar-refractivity contribution in [3.63, 3.8) is 0 Å². The van der Waals surface area contributed by atoms with E-state index in [9.17, 15) is 8.78 Å². The van der Waals surface area contributed by atoms with Gasteiger partial charge in [0.15, 0.2) is 0 Å². The fourth-order valence-electron chi connectivity index (χ4n) is 3.31. The van der Waals surface area contributed by atoms with Gasteiger partial charge in [-0.05, 0) is 35.4 Å². The zero-order valence-corrected chi connectivity index (χ0v) is 14.5. The van der Waals surface area contributed by atoms with Gasteiger partial charge in [0.2, 0.25) is 0 Å². The van der Waals surface area contributed by atoms with Gasteiger partial charge in [-0.15, -0.1) is 0 Å². The van der Waals surface area contributed by atoms with Gasteiger partial charge in [-0.2, -0.15) is 0 Å². The second-order valence-corrected chi connectivity index (χ2v) is 6.33. The molecular formula is C21H22F2N2O. The molecule has 1 heterocycles. The van der Waals surface area contributed by atoms with E-state index in [1.165, 1.54) is 24.3 Å². The van der Waals surface area contributed by atoms with Crippen molar-refractivity contribution in [1.82, 2.24) is 9.80 Å². The van der Waals surface area contributed by atoms with Crippen LogP contribution in [-0.2, 0) is 0 Å². The molecule has 1 aliphatic rings. The third-order valence-electron chi connectivity index (χ3n) is 4.65. The van der Waals surface area contributed by atoms with Gasteiger partial charge in [0, 0.05) is 26.2 Å². The van der Waals surface area contributed by atoms with E-state index >= 15 is 0 Å². The van der Waals surface area contributed by atoms with Crippen molar-refractivity contribution in [1.29, 1.82) is 0 Å². The molecule has 3 rings (SSSR count). The van der Waals surface area contributed by atoms with Crippen molar-refractivity contribution >= 4 is 0 Å². The maximum absolute atomic E-state index is 13.3. The van der Waals surface area contributed by atoms with Crippen molar-refractivity contribution in [2.75, 3.05) is 39.3 Å². The highest BCUT2D eigenvalue weighted by atomic mass is 19.1. The Kier molecular flexibility index (Phi) is 6.35. The molecule has 136 valence electrons. The molecule has 5 heteroatoms. The Balaban J connectivity index is 1.78. The van der Waals surface area contributed by atoms with E-state index in [0.717, 1.165) is 37.3 Å². The summed E-state index contributed by atoms with van der Waals surface area (Å²) in [6.45, 7) is 3.92. The molecule has 0 aliphatic carbocycles. The first-order valence-electron chi connectivity index (χ1n) is 8.71. The van der Waals surface area contributed by atoms with Crippen LogP contribution in [0.5, 0.6) is 0 Å². The van der Waals surface area contributed by atoms with Crippen LogP contribution in [-0.4, -0.2) is 54.2 Å². The topological polar surface area (TPSA) is 26.7 Å². The monoisotopic (exact) mass is 356 g/mol. The summed E-state index contributed by atoms with van der Waals surface area (Å²) < 4.78 is 26.7. The van der Waals surface area contributed by atoms with Crippen LogP contribution >= 0.6 is 0 Å². The number of benzene rings is 2. The molecule has 0 atom stereocenters. The molecule has 2 aromatic rings.